The van der Waals surface area contributed by atoms with E-state index in [-0.39, 0.29) is 12.5 Å². The summed E-state index contributed by atoms with van der Waals surface area (Å²) >= 11 is 1.93. The summed E-state index contributed by atoms with van der Waals surface area (Å²) in [5, 5.41) is 8.89. The molecule has 1 aliphatic heterocycles. The Balaban J connectivity index is 2.46. The molecule has 5 nitrogen and oxygen atoms in total. The number of amides is 1. The first-order chi connectivity index (χ1) is 8.99. The van der Waals surface area contributed by atoms with Crippen molar-refractivity contribution in [2.24, 2.45) is 5.92 Å². The Hall–Kier alpha value is -0.750. The summed E-state index contributed by atoms with van der Waals surface area (Å²) in [5.74, 6) is 1.72. The lowest BCUT2D eigenvalue weighted by Gasteiger charge is -2.26. The van der Waals surface area contributed by atoms with Crippen molar-refractivity contribution >= 4 is 23.6 Å². The SMILES string of the molecule is CN(C)CCN(CC(=O)O)C(=O)CC1CCSCC1. The average Bonchev–Trinajstić information content (AvgIpc) is 2.35. The molecule has 0 spiro atoms. The Bertz CT molecular complexity index is 304. The zero-order valence-electron chi connectivity index (χ0n) is 11.8. The maximum absolute atomic E-state index is 12.2. The van der Waals surface area contributed by atoms with Gasteiger partial charge in [0.15, 0.2) is 0 Å². The van der Waals surface area contributed by atoms with Gasteiger partial charge >= 0.3 is 5.97 Å². The fourth-order valence-electron chi connectivity index (χ4n) is 2.10. The van der Waals surface area contributed by atoms with Gasteiger partial charge in [0.1, 0.15) is 6.54 Å². The maximum atomic E-state index is 12.2. The van der Waals surface area contributed by atoms with Crippen LogP contribution < -0.4 is 0 Å². The van der Waals surface area contributed by atoms with Gasteiger partial charge in [-0.05, 0) is 44.4 Å². The molecule has 1 saturated heterocycles. The highest BCUT2D eigenvalue weighted by molar-refractivity contribution is 7.99. The predicted molar refractivity (Wildman–Crippen MR) is 77.4 cm³/mol. The standard InChI is InChI=1S/C13H24N2O3S/c1-14(2)5-6-15(10-13(17)18)12(16)9-11-3-7-19-8-4-11/h11H,3-10H2,1-2H3,(H,17,18). The lowest BCUT2D eigenvalue weighted by molar-refractivity contribution is -0.145. The molecule has 0 atom stereocenters. The van der Waals surface area contributed by atoms with Gasteiger partial charge in [-0.1, -0.05) is 0 Å². The summed E-state index contributed by atoms with van der Waals surface area (Å²) in [5.41, 5.74) is 0. The molecule has 0 aliphatic carbocycles. The minimum atomic E-state index is -0.939. The van der Waals surface area contributed by atoms with Crippen LogP contribution in [0.4, 0.5) is 0 Å². The summed E-state index contributed by atoms with van der Waals surface area (Å²) in [6.07, 6.45) is 2.65. The first-order valence-electron chi connectivity index (χ1n) is 6.71. The van der Waals surface area contributed by atoms with E-state index >= 15 is 0 Å². The minimum absolute atomic E-state index is 0.0128. The van der Waals surface area contributed by atoms with Gasteiger partial charge < -0.3 is 14.9 Å². The van der Waals surface area contributed by atoms with E-state index in [1.165, 1.54) is 4.90 Å². The van der Waals surface area contributed by atoms with Gasteiger partial charge in [-0.2, -0.15) is 11.8 Å². The van der Waals surface area contributed by atoms with Gasteiger partial charge in [0.2, 0.25) is 5.91 Å². The Morgan fingerprint density at radius 1 is 1.21 bits per heavy atom. The molecular formula is C13H24N2O3S. The number of hydrogen-bond donors (Lipinski definition) is 1. The van der Waals surface area contributed by atoms with Crippen LogP contribution in [0.25, 0.3) is 0 Å². The lowest BCUT2D eigenvalue weighted by atomic mass is 9.98. The maximum Gasteiger partial charge on any atom is 0.323 e. The number of carboxylic acids is 1. The van der Waals surface area contributed by atoms with E-state index in [0.29, 0.717) is 25.4 Å². The monoisotopic (exact) mass is 288 g/mol. The van der Waals surface area contributed by atoms with Crippen LogP contribution in [0.15, 0.2) is 0 Å². The van der Waals surface area contributed by atoms with E-state index in [0.717, 1.165) is 24.3 Å². The predicted octanol–water partition coefficient (Wildman–Crippen LogP) is 0.994. The molecule has 1 aliphatic rings. The number of likely N-dealkylation sites (N-methyl/N-ethyl adjacent to an activating group) is 1. The van der Waals surface area contributed by atoms with E-state index in [4.69, 9.17) is 5.11 Å². The van der Waals surface area contributed by atoms with E-state index in [1.54, 1.807) is 0 Å². The fraction of sp³-hybridized carbons (Fsp3) is 0.846. The third-order valence-corrected chi connectivity index (χ3v) is 4.35. The Morgan fingerprint density at radius 3 is 2.37 bits per heavy atom. The summed E-state index contributed by atoms with van der Waals surface area (Å²) in [6.45, 7) is 0.993. The zero-order chi connectivity index (χ0) is 14.3. The van der Waals surface area contributed by atoms with Crippen LogP contribution >= 0.6 is 11.8 Å². The molecule has 1 fully saturated rings. The molecule has 0 aromatic heterocycles. The van der Waals surface area contributed by atoms with Crippen LogP contribution in [0.1, 0.15) is 19.3 Å². The first-order valence-corrected chi connectivity index (χ1v) is 7.86. The number of thioether (sulfide) groups is 1. The van der Waals surface area contributed by atoms with Crippen molar-refractivity contribution in [2.75, 3.05) is 45.2 Å². The molecule has 0 saturated carbocycles. The zero-order valence-corrected chi connectivity index (χ0v) is 12.6. The molecule has 0 aromatic carbocycles. The average molecular weight is 288 g/mol. The third kappa shape index (κ3) is 6.82. The van der Waals surface area contributed by atoms with Crippen molar-refractivity contribution in [3.8, 4) is 0 Å². The highest BCUT2D eigenvalue weighted by Crippen LogP contribution is 2.25. The first kappa shape index (κ1) is 16.3. The van der Waals surface area contributed by atoms with E-state index in [1.807, 2.05) is 30.8 Å². The minimum Gasteiger partial charge on any atom is -0.480 e. The van der Waals surface area contributed by atoms with Gasteiger partial charge in [0.05, 0.1) is 0 Å². The lowest BCUT2D eigenvalue weighted by Crippen LogP contribution is -2.40. The van der Waals surface area contributed by atoms with Crippen LogP contribution in [0.3, 0.4) is 0 Å². The molecule has 1 heterocycles. The number of nitrogens with zero attached hydrogens (tertiary/aromatic N) is 2. The fourth-order valence-corrected chi connectivity index (χ4v) is 3.31. The smallest absolute Gasteiger partial charge is 0.323 e. The summed E-state index contributed by atoms with van der Waals surface area (Å²) in [7, 11) is 3.84. The normalized spacial score (nSPS) is 16.6. The number of carboxylic acid groups (broad SMARTS) is 1. The highest BCUT2D eigenvalue weighted by atomic mass is 32.2. The second-order valence-corrected chi connectivity index (χ2v) is 6.50. The Morgan fingerprint density at radius 2 is 1.84 bits per heavy atom. The van der Waals surface area contributed by atoms with Crippen molar-refractivity contribution in [3.05, 3.63) is 0 Å². The quantitative estimate of drug-likeness (QED) is 0.757. The van der Waals surface area contributed by atoms with Crippen molar-refractivity contribution in [2.45, 2.75) is 19.3 Å². The van der Waals surface area contributed by atoms with Crippen LogP contribution in [-0.2, 0) is 9.59 Å². The van der Waals surface area contributed by atoms with Crippen molar-refractivity contribution < 1.29 is 14.7 Å². The van der Waals surface area contributed by atoms with Gasteiger partial charge in [0.25, 0.3) is 0 Å². The van der Waals surface area contributed by atoms with Crippen LogP contribution in [-0.4, -0.2) is 72.0 Å². The van der Waals surface area contributed by atoms with Crippen LogP contribution in [0.2, 0.25) is 0 Å². The topological polar surface area (TPSA) is 60.9 Å². The number of carbonyl (C=O) groups is 2. The molecule has 1 amide bonds. The van der Waals surface area contributed by atoms with Gasteiger partial charge in [-0.15, -0.1) is 0 Å². The number of rotatable bonds is 7. The Kier molecular flexibility index (Phi) is 7.23. The molecular weight excluding hydrogens is 264 g/mol. The van der Waals surface area contributed by atoms with Crippen LogP contribution in [0.5, 0.6) is 0 Å². The molecule has 0 radical (unpaired) electrons. The van der Waals surface area contributed by atoms with Gasteiger partial charge in [-0.25, -0.2) is 0 Å². The molecule has 0 bridgehead atoms. The van der Waals surface area contributed by atoms with Gasteiger partial charge in [-0.3, -0.25) is 9.59 Å². The van der Waals surface area contributed by atoms with Crippen molar-refractivity contribution in [1.29, 1.82) is 0 Å². The van der Waals surface area contributed by atoms with E-state index < -0.39 is 5.97 Å². The molecule has 19 heavy (non-hydrogen) atoms. The summed E-state index contributed by atoms with van der Waals surface area (Å²) < 4.78 is 0. The van der Waals surface area contributed by atoms with Crippen LogP contribution in [0, 0.1) is 5.92 Å². The molecule has 6 heteroatoms. The Labute approximate surface area is 119 Å². The molecule has 0 unspecified atom stereocenters. The highest BCUT2D eigenvalue weighted by Gasteiger charge is 2.22. The largest absolute Gasteiger partial charge is 0.480 e. The molecule has 1 rings (SSSR count). The molecule has 110 valence electrons. The summed E-state index contributed by atoms with van der Waals surface area (Å²) in [4.78, 5) is 26.5. The number of aliphatic carboxylic acids is 1. The van der Waals surface area contributed by atoms with E-state index in [9.17, 15) is 9.59 Å². The third-order valence-electron chi connectivity index (χ3n) is 3.30. The second kappa shape index (κ2) is 8.43. The summed E-state index contributed by atoms with van der Waals surface area (Å²) in [6, 6.07) is 0. The second-order valence-electron chi connectivity index (χ2n) is 5.27. The van der Waals surface area contributed by atoms with Gasteiger partial charge in [0, 0.05) is 19.5 Å². The number of carbonyl (C=O) groups excluding carboxylic acids is 1. The van der Waals surface area contributed by atoms with Crippen molar-refractivity contribution in [3.63, 3.8) is 0 Å². The molecule has 1 N–H and O–H groups in total. The van der Waals surface area contributed by atoms with Crippen molar-refractivity contribution in [1.82, 2.24) is 9.80 Å². The van der Waals surface area contributed by atoms with E-state index in [2.05, 4.69) is 0 Å². The molecule has 0 aromatic rings. The number of hydrogen-bond acceptors (Lipinski definition) is 4.